The third-order valence-electron chi connectivity index (χ3n) is 3.90. The fourth-order valence-corrected chi connectivity index (χ4v) is 2.52. The van der Waals surface area contributed by atoms with Crippen LogP contribution in [0.4, 0.5) is 8.78 Å². The number of hydrogen-bond acceptors (Lipinski definition) is 2. The van der Waals surface area contributed by atoms with Gasteiger partial charge in [-0.05, 0) is 35.7 Å². The molecule has 0 aliphatic heterocycles. The van der Waals surface area contributed by atoms with Gasteiger partial charge in [0.2, 0.25) is 5.91 Å². The third-order valence-corrected chi connectivity index (χ3v) is 3.90. The molecule has 0 fully saturated rings. The fraction of sp³-hybridized carbons (Fsp3) is 0.263. The highest BCUT2D eigenvalue weighted by Gasteiger charge is 2.22. The van der Waals surface area contributed by atoms with Crippen LogP contribution in [0.25, 0.3) is 0 Å². The Labute approximate surface area is 144 Å². The van der Waals surface area contributed by atoms with Gasteiger partial charge in [0.15, 0.2) is 0 Å². The minimum absolute atomic E-state index is 0.196. The summed E-state index contributed by atoms with van der Waals surface area (Å²) in [5, 5.41) is 11.7. The number of amides is 1. The lowest BCUT2D eigenvalue weighted by Gasteiger charge is -2.20. The highest BCUT2D eigenvalue weighted by atomic mass is 19.1. The Hall–Kier alpha value is -2.76. The van der Waals surface area contributed by atoms with Crippen LogP contribution in [0, 0.1) is 17.6 Å². The van der Waals surface area contributed by atoms with Crippen molar-refractivity contribution in [2.75, 3.05) is 0 Å². The molecule has 4 nitrogen and oxygen atoms in total. The van der Waals surface area contributed by atoms with Crippen molar-refractivity contribution in [3.8, 4) is 0 Å². The van der Waals surface area contributed by atoms with E-state index in [1.54, 1.807) is 25.1 Å². The molecular formula is C19H19F2NO3. The number of benzene rings is 2. The molecule has 6 heteroatoms. The first-order valence-corrected chi connectivity index (χ1v) is 7.88. The number of carbonyl (C=O) groups is 2. The molecule has 0 saturated heterocycles. The molecule has 2 aromatic rings. The van der Waals surface area contributed by atoms with E-state index in [-0.39, 0.29) is 24.6 Å². The maximum Gasteiger partial charge on any atom is 0.305 e. The quantitative estimate of drug-likeness (QED) is 0.806. The van der Waals surface area contributed by atoms with Gasteiger partial charge >= 0.3 is 5.97 Å². The molecule has 25 heavy (non-hydrogen) atoms. The lowest BCUT2D eigenvalue weighted by molar-refractivity contribution is -0.137. The second kappa shape index (κ2) is 8.37. The Balaban J connectivity index is 2.09. The van der Waals surface area contributed by atoms with E-state index in [9.17, 15) is 18.4 Å². The smallest absolute Gasteiger partial charge is 0.305 e. The highest BCUT2D eigenvalue weighted by molar-refractivity contribution is 5.80. The second-order valence-corrected chi connectivity index (χ2v) is 5.91. The zero-order chi connectivity index (χ0) is 18.4. The first kappa shape index (κ1) is 18.6. The summed E-state index contributed by atoms with van der Waals surface area (Å²) in [5.41, 5.74) is 0.914. The number of rotatable bonds is 7. The van der Waals surface area contributed by atoms with Gasteiger partial charge in [0.05, 0.1) is 12.5 Å². The van der Waals surface area contributed by atoms with Gasteiger partial charge in [-0.2, -0.15) is 0 Å². The minimum Gasteiger partial charge on any atom is -0.481 e. The van der Waals surface area contributed by atoms with Crippen molar-refractivity contribution >= 4 is 11.9 Å². The monoisotopic (exact) mass is 347 g/mol. The van der Waals surface area contributed by atoms with Crippen molar-refractivity contribution in [2.45, 2.75) is 25.8 Å². The molecule has 2 unspecified atom stereocenters. The average molecular weight is 347 g/mol. The molecule has 0 aliphatic rings. The predicted molar refractivity (Wildman–Crippen MR) is 88.8 cm³/mol. The van der Waals surface area contributed by atoms with Gasteiger partial charge in [-0.25, -0.2) is 8.78 Å². The molecule has 0 heterocycles. The van der Waals surface area contributed by atoms with Gasteiger partial charge in [-0.1, -0.05) is 37.3 Å². The number of carboxylic acid groups (broad SMARTS) is 1. The number of halogens is 2. The summed E-state index contributed by atoms with van der Waals surface area (Å²) in [4.78, 5) is 23.5. The summed E-state index contributed by atoms with van der Waals surface area (Å²) < 4.78 is 26.8. The molecule has 2 N–H and O–H groups in total. The minimum atomic E-state index is -1.09. The number of hydrogen-bond donors (Lipinski definition) is 2. The van der Waals surface area contributed by atoms with Crippen LogP contribution in [0.3, 0.4) is 0 Å². The summed E-state index contributed by atoms with van der Waals surface area (Å²) in [6, 6.07) is 10.7. The van der Waals surface area contributed by atoms with Crippen molar-refractivity contribution in [3.63, 3.8) is 0 Å². The normalized spacial score (nSPS) is 13.1. The van der Waals surface area contributed by atoms with Gasteiger partial charge in [0.1, 0.15) is 11.6 Å². The van der Waals surface area contributed by atoms with Crippen molar-refractivity contribution in [1.29, 1.82) is 0 Å². The van der Waals surface area contributed by atoms with E-state index in [0.29, 0.717) is 11.1 Å². The lowest BCUT2D eigenvalue weighted by Crippen LogP contribution is -2.35. The van der Waals surface area contributed by atoms with Gasteiger partial charge in [-0.3, -0.25) is 9.59 Å². The molecule has 2 aromatic carbocycles. The summed E-state index contributed by atoms with van der Waals surface area (Å²) in [7, 11) is 0. The predicted octanol–water partition coefficient (Wildman–Crippen LogP) is 3.48. The molecule has 0 aromatic heterocycles. The second-order valence-electron chi connectivity index (χ2n) is 5.91. The van der Waals surface area contributed by atoms with Crippen molar-refractivity contribution in [1.82, 2.24) is 5.32 Å². The maximum atomic E-state index is 13.7. The molecule has 0 saturated carbocycles. The van der Waals surface area contributed by atoms with Crippen LogP contribution in [-0.2, 0) is 16.0 Å². The average Bonchev–Trinajstić information content (AvgIpc) is 2.56. The summed E-state index contributed by atoms with van der Waals surface area (Å²) >= 11 is 0. The van der Waals surface area contributed by atoms with Crippen LogP contribution in [-0.4, -0.2) is 17.0 Å². The molecule has 2 rings (SSSR count). The van der Waals surface area contributed by atoms with Crippen LogP contribution in [0.5, 0.6) is 0 Å². The molecule has 0 spiro atoms. The van der Waals surface area contributed by atoms with E-state index in [2.05, 4.69) is 5.32 Å². The number of aliphatic carboxylic acids is 1. The number of carbonyl (C=O) groups excluding carboxylic acids is 1. The lowest BCUT2D eigenvalue weighted by atomic mass is 9.98. The number of nitrogens with one attached hydrogen (secondary N) is 1. The van der Waals surface area contributed by atoms with Gasteiger partial charge in [-0.15, -0.1) is 0 Å². The molecule has 0 radical (unpaired) electrons. The third kappa shape index (κ3) is 5.38. The van der Waals surface area contributed by atoms with Crippen LogP contribution in [0.2, 0.25) is 0 Å². The first-order chi connectivity index (χ1) is 11.9. The standard InChI is InChI=1S/C19H19F2NO3/c1-12(10-14-4-2-3-5-16(14)21)19(25)22-17(11-18(23)24)13-6-8-15(20)9-7-13/h2-9,12,17H,10-11H2,1H3,(H,22,25)(H,23,24). The van der Waals surface area contributed by atoms with Gasteiger partial charge in [0, 0.05) is 5.92 Å². The Morgan fingerprint density at radius 3 is 2.32 bits per heavy atom. The van der Waals surface area contributed by atoms with E-state index >= 15 is 0 Å². The van der Waals surface area contributed by atoms with Crippen LogP contribution < -0.4 is 5.32 Å². The molecule has 1 amide bonds. The maximum absolute atomic E-state index is 13.7. The fourth-order valence-electron chi connectivity index (χ4n) is 2.52. The zero-order valence-corrected chi connectivity index (χ0v) is 13.7. The topological polar surface area (TPSA) is 66.4 Å². The van der Waals surface area contributed by atoms with Crippen molar-refractivity contribution in [2.24, 2.45) is 5.92 Å². The van der Waals surface area contributed by atoms with E-state index in [0.717, 1.165) is 0 Å². The molecule has 132 valence electrons. The summed E-state index contributed by atoms with van der Waals surface area (Å²) in [6.45, 7) is 1.64. The van der Waals surface area contributed by atoms with Crippen LogP contribution in [0.15, 0.2) is 48.5 Å². The van der Waals surface area contributed by atoms with Crippen LogP contribution >= 0.6 is 0 Å². The van der Waals surface area contributed by atoms with E-state index in [1.807, 2.05) is 0 Å². The zero-order valence-electron chi connectivity index (χ0n) is 13.7. The summed E-state index contributed by atoms with van der Waals surface area (Å²) in [5.74, 6) is -2.86. The van der Waals surface area contributed by atoms with Crippen molar-refractivity contribution in [3.05, 3.63) is 71.3 Å². The Kier molecular flexibility index (Phi) is 6.22. The van der Waals surface area contributed by atoms with Crippen LogP contribution in [0.1, 0.15) is 30.5 Å². The number of carboxylic acids is 1. The Bertz CT molecular complexity index is 747. The van der Waals surface area contributed by atoms with Gasteiger partial charge < -0.3 is 10.4 Å². The Morgan fingerprint density at radius 2 is 1.72 bits per heavy atom. The Morgan fingerprint density at radius 1 is 1.08 bits per heavy atom. The molecule has 2 atom stereocenters. The van der Waals surface area contributed by atoms with E-state index in [4.69, 9.17) is 5.11 Å². The SMILES string of the molecule is CC(Cc1ccccc1F)C(=O)NC(CC(=O)O)c1ccc(F)cc1. The van der Waals surface area contributed by atoms with Gasteiger partial charge in [0.25, 0.3) is 0 Å². The highest BCUT2D eigenvalue weighted by Crippen LogP contribution is 2.19. The molecular weight excluding hydrogens is 328 g/mol. The molecule has 0 bridgehead atoms. The first-order valence-electron chi connectivity index (χ1n) is 7.88. The largest absolute Gasteiger partial charge is 0.481 e. The molecule has 0 aliphatic carbocycles. The van der Waals surface area contributed by atoms with E-state index in [1.165, 1.54) is 30.3 Å². The van der Waals surface area contributed by atoms with Crippen molar-refractivity contribution < 1.29 is 23.5 Å². The summed E-state index contributed by atoms with van der Waals surface area (Å²) in [6.07, 6.45) is -0.133. The van der Waals surface area contributed by atoms with E-state index < -0.39 is 23.7 Å².